The minimum absolute atomic E-state index is 1.09. The molecule has 0 aromatic carbocycles. The van der Waals surface area contributed by atoms with Crippen LogP contribution in [0.25, 0.3) is 5.43 Å². The van der Waals surface area contributed by atoms with Crippen LogP contribution >= 0.6 is 11.9 Å². The van der Waals surface area contributed by atoms with Gasteiger partial charge in [0.25, 0.3) is 0 Å². The van der Waals surface area contributed by atoms with Crippen LogP contribution in [0.15, 0.2) is 0 Å². The van der Waals surface area contributed by atoms with E-state index in [1.807, 2.05) is 11.5 Å². The highest BCUT2D eigenvalue weighted by Gasteiger charge is 1.75. The lowest BCUT2D eigenvalue weighted by molar-refractivity contribution is 0.721. The molecule has 0 aliphatic carbocycles. The summed E-state index contributed by atoms with van der Waals surface area (Å²) in [4.78, 5) is 0. The van der Waals surface area contributed by atoms with Gasteiger partial charge in [0.15, 0.2) is 0 Å². The molecule has 0 rings (SSSR count). The Morgan fingerprint density at radius 3 is 2.43 bits per heavy atom. The van der Waals surface area contributed by atoms with Crippen LogP contribution in [0.1, 0.15) is 6.92 Å². The van der Waals surface area contributed by atoms with E-state index in [9.17, 15) is 0 Å². The summed E-state index contributed by atoms with van der Waals surface area (Å²) in [5.41, 5.74) is 3.87. The predicted octanol–water partition coefficient (Wildman–Crippen LogP) is 1.50. The molecule has 0 radical (unpaired) electrons. The highest BCUT2D eigenvalue weighted by molar-refractivity contribution is 7.97. The van der Waals surface area contributed by atoms with Crippen LogP contribution < -0.4 is 0 Å². The molecule has 0 aromatic rings. The molecule has 0 N–H and O–H groups in total. The quantitative estimate of drug-likeness (QED) is 0.414. The smallest absolute Gasteiger partial charge is 0.00379 e. The topological polar surface area (TPSA) is 17.3 Å². The second-order valence-electron chi connectivity index (χ2n) is 1.08. The van der Waals surface area contributed by atoms with Gasteiger partial charge in [-0.15, -0.1) is 0 Å². The van der Waals surface area contributed by atoms with E-state index in [-0.39, 0.29) is 0 Å². The van der Waals surface area contributed by atoms with E-state index < -0.39 is 0 Å². The fraction of sp³-hybridized carbons (Fsp3) is 1.00. The number of rotatable bonds is 3. The normalized spacial score (nSPS) is 10.3. The second-order valence-corrected chi connectivity index (χ2v) is 2.45. The van der Waals surface area contributed by atoms with Crippen molar-refractivity contribution >= 4 is 11.9 Å². The van der Waals surface area contributed by atoms with Crippen molar-refractivity contribution in [1.82, 2.24) is 4.41 Å². The summed E-state index contributed by atoms with van der Waals surface area (Å²) in [7, 11) is 3.72. The van der Waals surface area contributed by atoms with E-state index in [2.05, 4.69) is 12.3 Å². The summed E-state index contributed by atoms with van der Waals surface area (Å²) in [5.74, 6) is 1.09. The lowest BCUT2D eigenvalue weighted by atomic mass is 11.0. The van der Waals surface area contributed by atoms with Crippen molar-refractivity contribution in [3.05, 3.63) is 5.43 Å². The van der Waals surface area contributed by atoms with Gasteiger partial charge in [0.1, 0.15) is 0 Å². The van der Waals surface area contributed by atoms with Crippen LogP contribution in [-0.2, 0) is 0 Å². The highest BCUT2D eigenvalue weighted by atomic mass is 32.2. The minimum atomic E-state index is 1.09. The molecule has 0 heterocycles. The van der Waals surface area contributed by atoms with Crippen molar-refractivity contribution in [3.8, 4) is 0 Å². The van der Waals surface area contributed by atoms with Crippen LogP contribution in [0.2, 0.25) is 0 Å². The first-order valence-corrected chi connectivity index (χ1v) is 3.22. The van der Waals surface area contributed by atoms with Crippen LogP contribution in [0.3, 0.4) is 0 Å². The first-order valence-electron chi connectivity index (χ1n) is 2.27. The van der Waals surface area contributed by atoms with E-state index in [1.165, 1.54) is 0 Å². The molecule has 0 aromatic heterocycles. The molecular weight excluding hydrogens is 108 g/mol. The number of hydrogen-bond donors (Lipinski definition) is 0. The van der Waals surface area contributed by atoms with Crippen molar-refractivity contribution in [3.63, 3.8) is 0 Å². The van der Waals surface area contributed by atoms with Gasteiger partial charge in [-0.05, 0) is 7.05 Å². The van der Waals surface area contributed by atoms with Gasteiger partial charge in [0.2, 0.25) is 0 Å². The zero-order chi connectivity index (χ0) is 5.70. The zero-order valence-electron chi connectivity index (χ0n) is 5.01. The summed E-state index contributed by atoms with van der Waals surface area (Å²) in [6, 6.07) is 0. The Hall–Kier alpha value is 0.270. The molecule has 0 spiro atoms. The molecule has 0 saturated carbocycles. The molecule has 0 aliphatic heterocycles. The van der Waals surface area contributed by atoms with Crippen LogP contribution in [0, 0.1) is 0 Å². The van der Waals surface area contributed by atoms with Crippen molar-refractivity contribution in [2.45, 2.75) is 6.92 Å². The van der Waals surface area contributed by atoms with Crippen molar-refractivity contribution in [1.29, 1.82) is 0 Å². The Labute approximate surface area is 49.4 Å². The van der Waals surface area contributed by atoms with Crippen molar-refractivity contribution in [2.75, 3.05) is 19.8 Å². The number of hydrogen-bond acceptors (Lipinski definition) is 2. The first kappa shape index (κ1) is 7.27. The van der Waals surface area contributed by atoms with Gasteiger partial charge < -0.3 is 9.84 Å². The van der Waals surface area contributed by atoms with Gasteiger partial charge >= 0.3 is 0 Å². The Morgan fingerprint density at radius 2 is 2.29 bits per heavy atom. The molecule has 0 saturated heterocycles. The molecule has 7 heavy (non-hydrogen) atoms. The molecule has 0 atom stereocenters. The second kappa shape index (κ2) is 4.43. The monoisotopic (exact) mass is 119 g/mol. The van der Waals surface area contributed by atoms with Gasteiger partial charge in [-0.1, -0.05) is 18.9 Å². The fourth-order valence-corrected chi connectivity index (χ4v) is 0.734. The SMILES string of the molecule is CCSN(C)[N-]C. The maximum atomic E-state index is 3.87. The molecule has 0 bridgehead atoms. The standard InChI is InChI=1S/C4H11N2S/c1-4-7-6(3)5-2/h4H2,1-3H3/q-1. The summed E-state index contributed by atoms with van der Waals surface area (Å²) in [6.07, 6.45) is 0. The largest absolute Gasteiger partial charge is 0.587 e. The Morgan fingerprint density at radius 1 is 1.71 bits per heavy atom. The zero-order valence-corrected chi connectivity index (χ0v) is 5.83. The average molecular weight is 119 g/mol. The molecule has 3 heteroatoms. The van der Waals surface area contributed by atoms with Crippen LogP contribution in [0.4, 0.5) is 0 Å². The molecule has 0 fully saturated rings. The number of nitrogens with zero attached hydrogens (tertiary/aromatic N) is 2. The first-order chi connectivity index (χ1) is 3.31. The lowest BCUT2D eigenvalue weighted by Crippen LogP contribution is -1.99. The van der Waals surface area contributed by atoms with Gasteiger partial charge in [-0.2, -0.15) is 7.05 Å². The maximum absolute atomic E-state index is 3.87. The molecule has 2 nitrogen and oxygen atoms in total. The highest BCUT2D eigenvalue weighted by Crippen LogP contribution is 2.07. The minimum Gasteiger partial charge on any atom is -0.587 e. The fourth-order valence-electron chi connectivity index (χ4n) is 0.245. The molecule has 0 aliphatic rings. The van der Waals surface area contributed by atoms with E-state index >= 15 is 0 Å². The summed E-state index contributed by atoms with van der Waals surface area (Å²) < 4.78 is 1.85. The third kappa shape index (κ3) is 4.12. The Balaban J connectivity index is 2.83. The summed E-state index contributed by atoms with van der Waals surface area (Å²) in [5, 5.41) is 0. The van der Waals surface area contributed by atoms with E-state index in [4.69, 9.17) is 0 Å². The Kier molecular flexibility index (Phi) is 4.60. The third-order valence-electron chi connectivity index (χ3n) is 0.598. The van der Waals surface area contributed by atoms with Crippen LogP contribution in [0.5, 0.6) is 0 Å². The van der Waals surface area contributed by atoms with E-state index in [0.717, 1.165) is 5.75 Å². The van der Waals surface area contributed by atoms with Crippen molar-refractivity contribution in [2.24, 2.45) is 0 Å². The average Bonchev–Trinajstić information content (AvgIpc) is 1.68. The van der Waals surface area contributed by atoms with Gasteiger partial charge in [0, 0.05) is 5.75 Å². The maximum Gasteiger partial charge on any atom is 0.00379 e. The van der Waals surface area contributed by atoms with E-state index in [0.29, 0.717) is 0 Å². The van der Waals surface area contributed by atoms with Gasteiger partial charge in [-0.25, -0.2) is 0 Å². The lowest BCUT2D eigenvalue weighted by Gasteiger charge is -2.26. The Bertz CT molecular complexity index is 40.7. The molecular formula is C4H11N2S-. The van der Waals surface area contributed by atoms with E-state index in [1.54, 1.807) is 19.0 Å². The van der Waals surface area contributed by atoms with Gasteiger partial charge in [0.05, 0.1) is 0 Å². The summed E-state index contributed by atoms with van der Waals surface area (Å²) >= 11 is 1.70. The van der Waals surface area contributed by atoms with Crippen molar-refractivity contribution < 1.29 is 0 Å². The molecule has 0 unspecified atom stereocenters. The molecule has 0 amide bonds. The third-order valence-corrected chi connectivity index (χ3v) is 1.39. The van der Waals surface area contributed by atoms with Gasteiger partial charge in [-0.3, -0.25) is 0 Å². The molecule has 44 valence electrons. The predicted molar refractivity (Wildman–Crippen MR) is 35.2 cm³/mol. The summed E-state index contributed by atoms with van der Waals surface area (Å²) in [6.45, 7) is 2.10. The van der Waals surface area contributed by atoms with Crippen LogP contribution in [-0.4, -0.2) is 24.3 Å².